The first kappa shape index (κ1) is 13.7. The molecule has 5 rings (SSSR count). The summed E-state index contributed by atoms with van der Waals surface area (Å²) in [6.45, 7) is 4.63. The number of fused-ring (bicyclic) bond motifs is 4. The van der Waals surface area contributed by atoms with Crippen molar-refractivity contribution in [1.82, 2.24) is 0 Å². The summed E-state index contributed by atoms with van der Waals surface area (Å²) in [4.78, 5) is 24.5. The van der Waals surface area contributed by atoms with E-state index in [1.54, 1.807) is 0 Å². The van der Waals surface area contributed by atoms with Crippen LogP contribution in [0, 0.1) is 28.6 Å². The van der Waals surface area contributed by atoms with Crippen LogP contribution in [0.15, 0.2) is 0 Å². The Morgan fingerprint density at radius 3 is 2.59 bits per heavy atom. The smallest absolute Gasteiger partial charge is 0.164 e. The predicted molar refractivity (Wildman–Crippen MR) is 81.2 cm³/mol. The second kappa shape index (κ2) is 3.85. The maximum absolute atomic E-state index is 12.4. The molecule has 0 amide bonds. The zero-order valence-electron chi connectivity index (χ0n) is 13.7. The highest BCUT2D eigenvalue weighted by molar-refractivity contribution is 5.89. The molecule has 3 nitrogen and oxygen atoms in total. The van der Waals surface area contributed by atoms with Crippen LogP contribution in [0.2, 0.25) is 0 Å². The summed E-state index contributed by atoms with van der Waals surface area (Å²) in [6.07, 6.45) is 7.93. The highest BCUT2D eigenvalue weighted by Crippen LogP contribution is 2.71. The van der Waals surface area contributed by atoms with E-state index in [-0.39, 0.29) is 22.5 Å². The van der Waals surface area contributed by atoms with E-state index in [9.17, 15) is 9.59 Å². The summed E-state index contributed by atoms with van der Waals surface area (Å²) in [5, 5.41) is 0. The Bertz CT molecular complexity index is 583. The van der Waals surface area contributed by atoms with Crippen LogP contribution in [0.3, 0.4) is 0 Å². The van der Waals surface area contributed by atoms with E-state index in [1.165, 1.54) is 0 Å². The Kier molecular flexibility index (Phi) is 2.40. The Balaban J connectivity index is 1.52. The minimum Gasteiger partial charge on any atom is -0.357 e. The molecule has 0 bridgehead atoms. The summed E-state index contributed by atoms with van der Waals surface area (Å²) in [7, 11) is 0. The standard InChI is InChI=1S/C19H26O3/c1-17-8-6-13-11(12(17)3-4-15(17)21)5-10-19-16(22-19)14(20)7-9-18(13,19)2/h11-13,16H,3-10H2,1-2H3/t11-,12-,13-,16-,17-,18+,19+/m0/s1. The van der Waals surface area contributed by atoms with Crippen LogP contribution in [-0.4, -0.2) is 23.3 Å². The lowest BCUT2D eigenvalue weighted by Gasteiger charge is -2.58. The molecule has 5 aliphatic rings. The number of hydrogen-bond acceptors (Lipinski definition) is 3. The fourth-order valence-electron chi connectivity index (χ4n) is 7.27. The fraction of sp³-hybridized carbons (Fsp3) is 0.895. The largest absolute Gasteiger partial charge is 0.357 e. The van der Waals surface area contributed by atoms with Crippen molar-refractivity contribution in [2.75, 3.05) is 0 Å². The van der Waals surface area contributed by atoms with Crippen molar-refractivity contribution in [3.8, 4) is 0 Å². The number of ether oxygens (including phenoxy) is 1. The molecule has 3 heteroatoms. The molecule has 22 heavy (non-hydrogen) atoms. The number of rotatable bonds is 0. The van der Waals surface area contributed by atoms with E-state index in [4.69, 9.17) is 4.74 Å². The third-order valence-corrected chi connectivity index (χ3v) is 8.66. The van der Waals surface area contributed by atoms with Gasteiger partial charge in [0.2, 0.25) is 0 Å². The molecule has 1 saturated heterocycles. The predicted octanol–water partition coefficient (Wildman–Crippen LogP) is 3.30. The molecule has 1 spiro atoms. The number of epoxide rings is 1. The topological polar surface area (TPSA) is 46.7 Å². The molecule has 0 aromatic heterocycles. The lowest BCUT2D eigenvalue weighted by atomic mass is 9.45. The van der Waals surface area contributed by atoms with Crippen LogP contribution in [0.1, 0.15) is 65.2 Å². The second-order valence-corrected chi connectivity index (χ2v) is 9.10. The van der Waals surface area contributed by atoms with Gasteiger partial charge in [-0.3, -0.25) is 9.59 Å². The van der Waals surface area contributed by atoms with Crippen molar-refractivity contribution in [2.24, 2.45) is 28.6 Å². The van der Waals surface area contributed by atoms with E-state index < -0.39 is 0 Å². The van der Waals surface area contributed by atoms with Crippen LogP contribution in [0.25, 0.3) is 0 Å². The highest BCUT2D eigenvalue weighted by atomic mass is 16.6. The number of Topliss-reactive ketones (excluding diaryl/α,β-unsaturated/α-hetero) is 2. The Morgan fingerprint density at radius 1 is 0.955 bits per heavy atom. The maximum Gasteiger partial charge on any atom is 0.164 e. The van der Waals surface area contributed by atoms with E-state index in [2.05, 4.69) is 13.8 Å². The van der Waals surface area contributed by atoms with Gasteiger partial charge in [-0.15, -0.1) is 0 Å². The van der Waals surface area contributed by atoms with Crippen molar-refractivity contribution >= 4 is 11.6 Å². The second-order valence-electron chi connectivity index (χ2n) is 9.10. The van der Waals surface area contributed by atoms with Crippen LogP contribution >= 0.6 is 0 Å². The molecule has 0 radical (unpaired) electrons. The Hall–Kier alpha value is -0.700. The van der Waals surface area contributed by atoms with E-state index in [1.807, 2.05) is 0 Å². The lowest BCUT2D eigenvalue weighted by Crippen LogP contribution is -2.58. The first-order valence-electron chi connectivity index (χ1n) is 9.16. The van der Waals surface area contributed by atoms with E-state index >= 15 is 0 Å². The number of hydrogen-bond donors (Lipinski definition) is 0. The summed E-state index contributed by atoms with van der Waals surface area (Å²) in [5.41, 5.74) is -0.00234. The molecule has 120 valence electrons. The molecule has 5 fully saturated rings. The SMILES string of the molecule is C[C@]12CC[C@H]3[C@@H](CC[C@@]45O[C@H]4C(=O)CC[C@]35C)[C@@H]1CCC2=O. The normalized spacial score (nSPS) is 59.4. The van der Waals surface area contributed by atoms with Gasteiger partial charge in [-0.1, -0.05) is 13.8 Å². The van der Waals surface area contributed by atoms with Gasteiger partial charge in [0.05, 0.1) is 0 Å². The van der Waals surface area contributed by atoms with Gasteiger partial charge in [0, 0.05) is 23.7 Å². The first-order valence-corrected chi connectivity index (χ1v) is 9.16. The molecule has 0 unspecified atom stereocenters. The van der Waals surface area contributed by atoms with Gasteiger partial charge in [0.25, 0.3) is 0 Å². The molecule has 4 saturated carbocycles. The average Bonchev–Trinajstić information content (AvgIpc) is 3.17. The zero-order valence-corrected chi connectivity index (χ0v) is 13.7. The number of carbonyl (C=O) groups excluding carboxylic acids is 2. The first-order chi connectivity index (χ1) is 10.4. The molecule has 7 atom stereocenters. The van der Waals surface area contributed by atoms with Gasteiger partial charge in [-0.2, -0.15) is 0 Å². The van der Waals surface area contributed by atoms with Crippen molar-refractivity contribution in [2.45, 2.75) is 76.9 Å². The average molecular weight is 302 g/mol. The number of ketones is 2. The van der Waals surface area contributed by atoms with Gasteiger partial charge in [-0.25, -0.2) is 0 Å². The van der Waals surface area contributed by atoms with Crippen molar-refractivity contribution in [1.29, 1.82) is 0 Å². The number of carbonyl (C=O) groups is 2. The summed E-state index contributed by atoms with van der Waals surface area (Å²) < 4.78 is 6.07. The molecule has 1 aliphatic heterocycles. The molecule has 0 aromatic carbocycles. The van der Waals surface area contributed by atoms with E-state index in [0.717, 1.165) is 44.9 Å². The minimum absolute atomic E-state index is 0.0453. The molecule has 1 heterocycles. The molecular formula is C19H26O3. The molecular weight excluding hydrogens is 276 g/mol. The van der Waals surface area contributed by atoms with E-state index in [0.29, 0.717) is 35.7 Å². The fourth-order valence-corrected chi connectivity index (χ4v) is 7.27. The summed E-state index contributed by atoms with van der Waals surface area (Å²) in [6, 6.07) is 0. The van der Waals surface area contributed by atoms with Gasteiger partial charge >= 0.3 is 0 Å². The molecule has 4 aliphatic carbocycles. The molecule has 0 aromatic rings. The third kappa shape index (κ3) is 1.31. The van der Waals surface area contributed by atoms with Crippen molar-refractivity contribution < 1.29 is 14.3 Å². The molecule has 0 N–H and O–H groups in total. The van der Waals surface area contributed by atoms with Crippen molar-refractivity contribution in [3.63, 3.8) is 0 Å². The third-order valence-electron chi connectivity index (χ3n) is 8.66. The van der Waals surface area contributed by atoms with Crippen LogP contribution in [0.4, 0.5) is 0 Å². The van der Waals surface area contributed by atoms with Crippen LogP contribution in [0.5, 0.6) is 0 Å². The van der Waals surface area contributed by atoms with Gasteiger partial charge < -0.3 is 4.74 Å². The Labute approximate surface area is 132 Å². The lowest BCUT2D eigenvalue weighted by molar-refractivity contribution is -0.140. The Morgan fingerprint density at radius 2 is 1.77 bits per heavy atom. The van der Waals surface area contributed by atoms with Gasteiger partial charge in [-0.05, 0) is 56.3 Å². The summed E-state index contributed by atoms with van der Waals surface area (Å²) >= 11 is 0. The van der Waals surface area contributed by atoms with Crippen LogP contribution < -0.4 is 0 Å². The maximum atomic E-state index is 12.4. The highest BCUT2D eigenvalue weighted by Gasteiger charge is 2.76. The summed E-state index contributed by atoms with van der Waals surface area (Å²) in [5.74, 6) is 2.78. The van der Waals surface area contributed by atoms with Gasteiger partial charge in [0.15, 0.2) is 5.78 Å². The van der Waals surface area contributed by atoms with Crippen LogP contribution in [-0.2, 0) is 14.3 Å². The monoisotopic (exact) mass is 302 g/mol. The quantitative estimate of drug-likeness (QED) is 0.645. The minimum atomic E-state index is -0.125. The van der Waals surface area contributed by atoms with Gasteiger partial charge in [0.1, 0.15) is 17.5 Å². The zero-order chi connectivity index (χ0) is 15.3. The van der Waals surface area contributed by atoms with Crippen molar-refractivity contribution in [3.05, 3.63) is 0 Å².